The maximum absolute atomic E-state index is 11.8. The fourth-order valence-corrected chi connectivity index (χ4v) is 3.45. The Morgan fingerprint density at radius 2 is 1.73 bits per heavy atom. The summed E-state index contributed by atoms with van der Waals surface area (Å²) in [4.78, 5) is 13.7. The molecule has 0 radical (unpaired) electrons. The largest absolute Gasteiger partial charge is 0.337 e. The van der Waals surface area contributed by atoms with Gasteiger partial charge in [-0.25, -0.2) is 0 Å². The molecule has 0 aliphatic carbocycles. The summed E-state index contributed by atoms with van der Waals surface area (Å²) >= 11 is 0. The molecule has 0 saturated carbocycles. The second-order valence-electron chi connectivity index (χ2n) is 5.80. The number of hydrogen-bond donors (Lipinski definition) is 0. The lowest BCUT2D eigenvalue weighted by molar-refractivity contribution is -0.129. The van der Waals surface area contributed by atoms with Crippen LogP contribution in [0.3, 0.4) is 0 Å². The van der Waals surface area contributed by atoms with E-state index in [1.165, 1.54) is 22.2 Å². The summed E-state index contributed by atoms with van der Waals surface area (Å²) in [5.41, 5.74) is 5.01. The van der Waals surface area contributed by atoms with Crippen LogP contribution in [0.1, 0.15) is 18.2 Å². The van der Waals surface area contributed by atoms with E-state index >= 15 is 0 Å². The third-order valence-electron chi connectivity index (χ3n) is 4.52. The van der Waals surface area contributed by atoms with Crippen LogP contribution in [0.15, 0.2) is 54.6 Å². The SMILES string of the molecule is CC(=O)N1CCc2c(n(-c3ccccc3)c3ccccc23)C1. The van der Waals surface area contributed by atoms with Crippen LogP contribution in [-0.4, -0.2) is 21.9 Å². The molecule has 0 atom stereocenters. The molecular formula is C19H18N2O. The fraction of sp³-hybridized carbons (Fsp3) is 0.211. The highest BCUT2D eigenvalue weighted by Gasteiger charge is 2.25. The molecule has 0 saturated heterocycles. The van der Waals surface area contributed by atoms with Gasteiger partial charge >= 0.3 is 0 Å². The van der Waals surface area contributed by atoms with Crippen molar-refractivity contribution >= 4 is 16.8 Å². The zero-order valence-electron chi connectivity index (χ0n) is 12.6. The van der Waals surface area contributed by atoms with Gasteiger partial charge in [-0.15, -0.1) is 0 Å². The van der Waals surface area contributed by atoms with Crippen molar-refractivity contribution in [3.63, 3.8) is 0 Å². The first-order valence-electron chi connectivity index (χ1n) is 7.68. The molecule has 0 bridgehead atoms. The van der Waals surface area contributed by atoms with Crippen LogP contribution >= 0.6 is 0 Å². The van der Waals surface area contributed by atoms with Crippen molar-refractivity contribution in [3.8, 4) is 5.69 Å². The molecular weight excluding hydrogens is 272 g/mol. The second kappa shape index (κ2) is 5.02. The van der Waals surface area contributed by atoms with Crippen molar-refractivity contribution in [2.75, 3.05) is 6.54 Å². The summed E-state index contributed by atoms with van der Waals surface area (Å²) in [7, 11) is 0. The highest BCUT2D eigenvalue weighted by Crippen LogP contribution is 2.33. The molecule has 110 valence electrons. The number of amides is 1. The van der Waals surface area contributed by atoms with Gasteiger partial charge in [-0.3, -0.25) is 4.79 Å². The van der Waals surface area contributed by atoms with E-state index in [0.29, 0.717) is 6.54 Å². The van der Waals surface area contributed by atoms with Crippen molar-refractivity contribution in [1.29, 1.82) is 0 Å². The highest BCUT2D eigenvalue weighted by molar-refractivity contribution is 5.88. The van der Waals surface area contributed by atoms with Crippen molar-refractivity contribution < 1.29 is 4.79 Å². The second-order valence-corrected chi connectivity index (χ2v) is 5.80. The minimum absolute atomic E-state index is 0.149. The first-order chi connectivity index (χ1) is 10.8. The molecule has 1 aliphatic rings. The smallest absolute Gasteiger partial charge is 0.219 e. The molecule has 4 rings (SSSR count). The maximum atomic E-state index is 11.8. The van der Waals surface area contributed by atoms with E-state index < -0.39 is 0 Å². The summed E-state index contributed by atoms with van der Waals surface area (Å²) in [5.74, 6) is 0.149. The van der Waals surface area contributed by atoms with Gasteiger partial charge < -0.3 is 9.47 Å². The fourth-order valence-electron chi connectivity index (χ4n) is 3.45. The van der Waals surface area contributed by atoms with E-state index in [1.807, 2.05) is 11.0 Å². The lowest BCUT2D eigenvalue weighted by Gasteiger charge is -2.27. The van der Waals surface area contributed by atoms with Crippen LogP contribution in [0.25, 0.3) is 16.6 Å². The number of fused-ring (bicyclic) bond motifs is 3. The predicted octanol–water partition coefficient (Wildman–Crippen LogP) is 3.54. The Balaban J connectivity index is 1.99. The minimum atomic E-state index is 0.149. The Morgan fingerprint density at radius 3 is 2.50 bits per heavy atom. The first-order valence-corrected chi connectivity index (χ1v) is 7.68. The predicted molar refractivity (Wildman–Crippen MR) is 88.1 cm³/mol. The van der Waals surface area contributed by atoms with Gasteiger partial charge in [0.1, 0.15) is 0 Å². The summed E-state index contributed by atoms with van der Waals surface area (Å²) in [6.07, 6.45) is 0.926. The number of para-hydroxylation sites is 2. The summed E-state index contributed by atoms with van der Waals surface area (Å²) in [6.45, 7) is 3.15. The molecule has 2 aromatic carbocycles. The minimum Gasteiger partial charge on any atom is -0.337 e. The van der Waals surface area contributed by atoms with Gasteiger partial charge in [-0.2, -0.15) is 0 Å². The molecule has 3 aromatic rings. The van der Waals surface area contributed by atoms with Crippen LogP contribution in [0.4, 0.5) is 0 Å². The van der Waals surface area contributed by atoms with Crippen LogP contribution in [-0.2, 0) is 17.8 Å². The van der Waals surface area contributed by atoms with E-state index in [1.54, 1.807) is 6.92 Å². The third kappa shape index (κ3) is 1.93. The lowest BCUT2D eigenvalue weighted by atomic mass is 10.0. The maximum Gasteiger partial charge on any atom is 0.219 e. The Bertz CT molecular complexity index is 849. The van der Waals surface area contributed by atoms with Gasteiger partial charge in [0.15, 0.2) is 0 Å². The Kier molecular flexibility index (Phi) is 3.00. The molecule has 3 nitrogen and oxygen atoms in total. The molecule has 0 spiro atoms. The van der Waals surface area contributed by atoms with Gasteiger partial charge in [0.2, 0.25) is 5.91 Å². The zero-order valence-corrected chi connectivity index (χ0v) is 12.6. The van der Waals surface area contributed by atoms with Gasteiger partial charge in [-0.05, 0) is 30.2 Å². The van der Waals surface area contributed by atoms with Crippen molar-refractivity contribution in [1.82, 2.24) is 9.47 Å². The molecule has 0 N–H and O–H groups in total. The molecule has 3 heteroatoms. The lowest BCUT2D eigenvalue weighted by Crippen LogP contribution is -2.34. The number of rotatable bonds is 1. The quantitative estimate of drug-likeness (QED) is 0.673. The average molecular weight is 290 g/mol. The standard InChI is InChI=1S/C19H18N2O/c1-14(22)20-12-11-17-16-9-5-6-10-18(16)21(19(17)13-20)15-7-3-2-4-8-15/h2-10H,11-13H2,1H3. The molecule has 1 amide bonds. The summed E-state index contributed by atoms with van der Waals surface area (Å²) < 4.78 is 2.31. The molecule has 22 heavy (non-hydrogen) atoms. The van der Waals surface area contributed by atoms with Crippen molar-refractivity contribution in [2.45, 2.75) is 19.9 Å². The van der Waals surface area contributed by atoms with E-state index in [-0.39, 0.29) is 5.91 Å². The van der Waals surface area contributed by atoms with Gasteiger partial charge in [-0.1, -0.05) is 36.4 Å². The third-order valence-corrected chi connectivity index (χ3v) is 4.52. The van der Waals surface area contributed by atoms with Gasteiger partial charge in [0.25, 0.3) is 0 Å². The van der Waals surface area contributed by atoms with Crippen LogP contribution in [0, 0.1) is 0 Å². The summed E-state index contributed by atoms with van der Waals surface area (Å²) in [6, 6.07) is 18.9. The van der Waals surface area contributed by atoms with Crippen molar-refractivity contribution in [2.24, 2.45) is 0 Å². The Morgan fingerprint density at radius 1 is 1.00 bits per heavy atom. The summed E-state index contributed by atoms with van der Waals surface area (Å²) in [5, 5.41) is 1.31. The van der Waals surface area contributed by atoms with Crippen LogP contribution in [0.2, 0.25) is 0 Å². The molecule has 0 fully saturated rings. The molecule has 1 aromatic heterocycles. The normalized spacial score (nSPS) is 14.1. The van der Waals surface area contributed by atoms with E-state index in [2.05, 4.69) is 53.1 Å². The van der Waals surface area contributed by atoms with Gasteiger partial charge in [0, 0.05) is 30.2 Å². The van der Waals surface area contributed by atoms with E-state index in [4.69, 9.17) is 0 Å². The Labute approximate surface area is 129 Å². The number of hydrogen-bond acceptors (Lipinski definition) is 1. The molecule has 2 heterocycles. The molecule has 1 aliphatic heterocycles. The number of carbonyl (C=O) groups excluding carboxylic acids is 1. The highest BCUT2D eigenvalue weighted by atomic mass is 16.2. The number of benzene rings is 2. The number of carbonyl (C=O) groups is 1. The molecule has 0 unspecified atom stereocenters. The van der Waals surface area contributed by atoms with E-state index in [9.17, 15) is 4.79 Å². The van der Waals surface area contributed by atoms with Crippen molar-refractivity contribution in [3.05, 3.63) is 65.9 Å². The van der Waals surface area contributed by atoms with Crippen LogP contribution in [0.5, 0.6) is 0 Å². The monoisotopic (exact) mass is 290 g/mol. The van der Waals surface area contributed by atoms with E-state index in [0.717, 1.165) is 18.7 Å². The number of aromatic nitrogens is 1. The topological polar surface area (TPSA) is 25.2 Å². The number of nitrogens with zero attached hydrogens (tertiary/aromatic N) is 2. The van der Waals surface area contributed by atoms with Gasteiger partial charge in [0.05, 0.1) is 12.1 Å². The average Bonchev–Trinajstić information content (AvgIpc) is 2.89. The Hall–Kier alpha value is -2.55. The zero-order chi connectivity index (χ0) is 15.1. The van der Waals surface area contributed by atoms with Crippen LogP contribution < -0.4 is 0 Å². The first kappa shape index (κ1) is 13.1.